The predicted octanol–water partition coefficient (Wildman–Crippen LogP) is 4.01. The van der Waals surface area contributed by atoms with Crippen LogP contribution in [0.15, 0.2) is 84.9 Å². The number of carboxylic acids is 1. The summed E-state index contributed by atoms with van der Waals surface area (Å²) in [4.78, 5) is 17.4. The maximum Gasteiger partial charge on any atom is 0.331 e. The van der Waals surface area contributed by atoms with Gasteiger partial charge in [-0.25, -0.2) is 4.79 Å². The van der Waals surface area contributed by atoms with E-state index in [4.69, 9.17) is 4.43 Å². The third-order valence-corrected chi connectivity index (χ3v) is 12.3. The Labute approximate surface area is 216 Å². The molecule has 6 heteroatoms. The van der Waals surface area contributed by atoms with Crippen molar-refractivity contribution < 1.29 is 14.3 Å². The standard InChI is InChI=1S/C30H38N2O3Si/c1-30(2,3)36(26-14-7-5-8-15-26,27-16-9-6-10-17-27)35-28(29(33)34)23-24-12-11-13-25(22-24)32-20-18-31(4)19-21-32/h5-17,22,28H,18-21,23H2,1-4H3,(H,33,34). The van der Waals surface area contributed by atoms with Crippen molar-refractivity contribution in [1.82, 2.24) is 4.90 Å². The summed E-state index contributed by atoms with van der Waals surface area (Å²) in [5.41, 5.74) is 2.13. The van der Waals surface area contributed by atoms with Crippen LogP contribution in [0.4, 0.5) is 5.69 Å². The molecule has 190 valence electrons. The number of benzene rings is 3. The number of carboxylic acid groups (broad SMARTS) is 1. The molecule has 1 saturated heterocycles. The first-order chi connectivity index (χ1) is 17.2. The van der Waals surface area contributed by atoms with Crippen LogP contribution in [0.2, 0.25) is 5.04 Å². The van der Waals surface area contributed by atoms with Gasteiger partial charge in [0.15, 0.2) is 0 Å². The fraction of sp³-hybridized carbons (Fsp3) is 0.367. The van der Waals surface area contributed by atoms with Crippen LogP contribution in [-0.4, -0.2) is 63.6 Å². The second-order valence-electron chi connectivity index (χ2n) is 10.8. The van der Waals surface area contributed by atoms with E-state index in [-0.39, 0.29) is 5.04 Å². The van der Waals surface area contributed by atoms with Crippen LogP contribution in [0.25, 0.3) is 0 Å². The minimum absolute atomic E-state index is 0.287. The molecular weight excluding hydrogens is 464 g/mol. The second kappa shape index (κ2) is 11.0. The molecule has 3 aromatic rings. The molecule has 0 spiro atoms. The van der Waals surface area contributed by atoms with Gasteiger partial charge in [-0.2, -0.15) is 0 Å². The van der Waals surface area contributed by atoms with Gasteiger partial charge in [-0.1, -0.05) is 93.6 Å². The molecule has 1 fully saturated rings. The van der Waals surface area contributed by atoms with Crippen LogP contribution >= 0.6 is 0 Å². The van der Waals surface area contributed by atoms with Crippen molar-refractivity contribution in [1.29, 1.82) is 0 Å². The molecule has 1 N–H and O–H groups in total. The average molecular weight is 503 g/mol. The molecule has 1 heterocycles. The van der Waals surface area contributed by atoms with E-state index >= 15 is 0 Å². The van der Waals surface area contributed by atoms with E-state index in [9.17, 15) is 9.90 Å². The summed E-state index contributed by atoms with van der Waals surface area (Å²) in [7, 11) is -0.833. The quantitative estimate of drug-likeness (QED) is 0.472. The molecule has 1 unspecified atom stereocenters. The van der Waals surface area contributed by atoms with Gasteiger partial charge in [-0.3, -0.25) is 0 Å². The lowest BCUT2D eigenvalue weighted by Crippen LogP contribution is -2.68. The average Bonchev–Trinajstić information content (AvgIpc) is 2.87. The predicted molar refractivity (Wildman–Crippen MR) is 150 cm³/mol. The smallest absolute Gasteiger partial charge is 0.331 e. The van der Waals surface area contributed by atoms with Gasteiger partial charge in [0, 0.05) is 38.3 Å². The van der Waals surface area contributed by atoms with Crippen LogP contribution in [-0.2, 0) is 15.6 Å². The molecular formula is C30H38N2O3Si. The summed E-state index contributed by atoms with van der Waals surface area (Å²) >= 11 is 0. The van der Waals surface area contributed by atoms with Gasteiger partial charge in [-0.15, -0.1) is 0 Å². The first kappa shape index (κ1) is 26.1. The Morgan fingerprint density at radius 3 is 1.94 bits per heavy atom. The molecule has 0 aliphatic carbocycles. The maximum absolute atomic E-state index is 12.7. The van der Waals surface area contributed by atoms with Crippen LogP contribution in [0.1, 0.15) is 26.3 Å². The number of carbonyl (C=O) groups is 1. The maximum atomic E-state index is 12.7. The van der Waals surface area contributed by atoms with Crippen molar-refractivity contribution in [3.05, 3.63) is 90.5 Å². The molecule has 1 aliphatic heterocycles. The SMILES string of the molecule is CN1CCN(c2cccc(CC(O[Si](c3ccccc3)(c3ccccc3)C(C)(C)C)C(=O)O)c2)CC1. The minimum atomic E-state index is -2.98. The topological polar surface area (TPSA) is 53.0 Å². The fourth-order valence-corrected chi connectivity index (χ4v) is 9.87. The Bertz CT molecular complexity index is 1100. The highest BCUT2D eigenvalue weighted by Crippen LogP contribution is 2.38. The molecule has 3 aromatic carbocycles. The Kier molecular flexibility index (Phi) is 7.98. The number of piperazine rings is 1. The van der Waals surface area contributed by atoms with Gasteiger partial charge in [0.05, 0.1) is 0 Å². The summed E-state index contributed by atoms with van der Waals surface area (Å²) in [5, 5.41) is 12.3. The third kappa shape index (κ3) is 5.56. The largest absolute Gasteiger partial charge is 0.479 e. The minimum Gasteiger partial charge on any atom is -0.479 e. The highest BCUT2D eigenvalue weighted by molar-refractivity contribution is 6.99. The summed E-state index contributed by atoms with van der Waals surface area (Å²) in [5.74, 6) is -0.923. The van der Waals surface area contributed by atoms with E-state index in [0.717, 1.165) is 47.8 Å². The van der Waals surface area contributed by atoms with Crippen molar-refractivity contribution in [2.24, 2.45) is 0 Å². The number of rotatable bonds is 8. The van der Waals surface area contributed by atoms with Crippen molar-refractivity contribution in [3.63, 3.8) is 0 Å². The molecule has 0 aromatic heterocycles. The van der Waals surface area contributed by atoms with E-state index in [1.54, 1.807) is 0 Å². The van der Waals surface area contributed by atoms with Crippen molar-refractivity contribution in [2.45, 2.75) is 38.3 Å². The summed E-state index contributed by atoms with van der Waals surface area (Å²) < 4.78 is 6.96. The lowest BCUT2D eigenvalue weighted by atomic mass is 10.1. The van der Waals surface area contributed by atoms with Gasteiger partial charge in [0.25, 0.3) is 8.32 Å². The zero-order valence-corrected chi connectivity index (χ0v) is 22.9. The zero-order valence-electron chi connectivity index (χ0n) is 21.9. The number of aliphatic carboxylic acids is 1. The molecule has 0 bridgehead atoms. The number of likely N-dealkylation sites (N-methyl/N-ethyl adjacent to an activating group) is 1. The summed E-state index contributed by atoms with van der Waals surface area (Å²) in [6, 6.07) is 28.7. The first-order valence-electron chi connectivity index (χ1n) is 12.7. The Hall–Kier alpha value is -2.93. The lowest BCUT2D eigenvalue weighted by Gasteiger charge is -2.44. The van der Waals surface area contributed by atoms with E-state index in [1.807, 2.05) is 48.5 Å². The van der Waals surface area contributed by atoms with Gasteiger partial charge in [0.1, 0.15) is 6.10 Å². The van der Waals surface area contributed by atoms with Gasteiger partial charge < -0.3 is 19.3 Å². The van der Waals surface area contributed by atoms with Gasteiger partial charge in [-0.05, 0) is 40.2 Å². The van der Waals surface area contributed by atoms with Crippen LogP contribution in [0.3, 0.4) is 0 Å². The normalized spacial score (nSPS) is 16.1. The number of hydrogen-bond acceptors (Lipinski definition) is 4. The molecule has 0 saturated carbocycles. The second-order valence-corrected chi connectivity index (χ2v) is 15.0. The Morgan fingerprint density at radius 1 is 0.889 bits per heavy atom. The molecule has 36 heavy (non-hydrogen) atoms. The van der Waals surface area contributed by atoms with Crippen LogP contribution in [0, 0.1) is 0 Å². The molecule has 0 amide bonds. The molecule has 0 radical (unpaired) electrons. The summed E-state index contributed by atoms with van der Waals surface area (Å²) in [6.45, 7) is 10.5. The molecule has 1 atom stereocenters. The first-order valence-corrected chi connectivity index (χ1v) is 14.7. The van der Waals surface area contributed by atoms with Crippen LogP contribution < -0.4 is 15.3 Å². The number of nitrogens with zero attached hydrogens (tertiary/aromatic N) is 2. The monoisotopic (exact) mass is 502 g/mol. The Balaban J connectivity index is 1.70. The van der Waals surface area contributed by atoms with E-state index < -0.39 is 20.4 Å². The number of anilines is 1. The van der Waals surface area contributed by atoms with E-state index in [1.165, 1.54) is 0 Å². The van der Waals surface area contributed by atoms with E-state index in [0.29, 0.717) is 6.42 Å². The van der Waals surface area contributed by atoms with Crippen molar-refractivity contribution >= 4 is 30.3 Å². The Morgan fingerprint density at radius 2 is 1.44 bits per heavy atom. The van der Waals surface area contributed by atoms with Crippen molar-refractivity contribution in [2.75, 3.05) is 38.1 Å². The lowest BCUT2D eigenvalue weighted by molar-refractivity contribution is -0.145. The highest BCUT2D eigenvalue weighted by Gasteiger charge is 2.52. The van der Waals surface area contributed by atoms with Crippen LogP contribution in [0.5, 0.6) is 0 Å². The van der Waals surface area contributed by atoms with Gasteiger partial charge >= 0.3 is 5.97 Å². The number of hydrogen-bond donors (Lipinski definition) is 1. The van der Waals surface area contributed by atoms with Gasteiger partial charge in [0.2, 0.25) is 0 Å². The third-order valence-electron chi connectivity index (χ3n) is 7.21. The van der Waals surface area contributed by atoms with E-state index in [2.05, 4.69) is 74.0 Å². The summed E-state index contributed by atoms with van der Waals surface area (Å²) in [6.07, 6.45) is -0.638. The van der Waals surface area contributed by atoms with Crippen molar-refractivity contribution in [3.8, 4) is 0 Å². The molecule has 1 aliphatic rings. The zero-order chi connectivity index (χ0) is 25.8. The fourth-order valence-electron chi connectivity index (χ4n) is 5.24. The molecule has 5 nitrogen and oxygen atoms in total. The highest BCUT2D eigenvalue weighted by atomic mass is 28.4. The molecule has 4 rings (SSSR count).